The van der Waals surface area contributed by atoms with Gasteiger partial charge in [0.1, 0.15) is 24.0 Å². The number of nitrogens with zero attached hydrogens (tertiary/aromatic N) is 1. The lowest BCUT2D eigenvalue weighted by atomic mass is 10.1. The summed E-state index contributed by atoms with van der Waals surface area (Å²) in [5.41, 5.74) is 2.06. The zero-order chi connectivity index (χ0) is 22.2. The molecule has 154 valence electrons. The number of anilines is 1. The van der Waals surface area contributed by atoms with Crippen molar-refractivity contribution in [2.24, 2.45) is 0 Å². The fourth-order valence-corrected chi connectivity index (χ4v) is 2.74. The van der Waals surface area contributed by atoms with E-state index in [1.807, 2.05) is 6.07 Å². The van der Waals surface area contributed by atoms with Gasteiger partial charge in [0.25, 0.3) is 5.91 Å². The highest BCUT2D eigenvalue weighted by atomic mass is 35.5. The number of carbonyl (C=O) groups is 2. The number of aromatic carboxylic acids is 1. The van der Waals surface area contributed by atoms with Crippen LogP contribution in [0.25, 0.3) is 6.08 Å². The predicted octanol–water partition coefficient (Wildman–Crippen LogP) is 3.83. The molecule has 0 saturated heterocycles. The van der Waals surface area contributed by atoms with Gasteiger partial charge in [-0.2, -0.15) is 5.26 Å². The number of benzene rings is 3. The molecule has 3 aromatic carbocycles. The Labute approximate surface area is 184 Å². The second-order valence-corrected chi connectivity index (χ2v) is 6.91. The number of ether oxygens (including phenoxy) is 1. The minimum absolute atomic E-state index is 0.0448. The monoisotopic (exact) mass is 431 g/mol. The minimum atomic E-state index is -1.23. The van der Waals surface area contributed by atoms with Crippen LogP contribution in [-0.4, -0.2) is 11.9 Å². The maximum Gasteiger partial charge on any atom is 0.266 e. The standard InChI is InChI=1S/C24H17ClN2O4/c25-20-7-9-21(10-8-20)27-23(28)19(14-26)13-16-3-11-22(12-4-16)31-15-17-1-5-18(6-2-17)24(29)30/h1-13H,15H2,(H,27,28)(H,29,30)/p-1/b19-13+. The molecule has 0 fully saturated rings. The number of amides is 1. The third kappa shape index (κ3) is 6.20. The summed E-state index contributed by atoms with van der Waals surface area (Å²) in [5, 5.41) is 23.3. The van der Waals surface area contributed by atoms with E-state index in [2.05, 4.69) is 5.32 Å². The lowest BCUT2D eigenvalue weighted by Gasteiger charge is -2.08. The number of carboxylic acids is 1. The van der Waals surface area contributed by atoms with Crippen molar-refractivity contribution >= 4 is 35.2 Å². The fraction of sp³-hybridized carbons (Fsp3) is 0.0417. The highest BCUT2D eigenvalue weighted by Crippen LogP contribution is 2.18. The zero-order valence-electron chi connectivity index (χ0n) is 16.2. The van der Waals surface area contributed by atoms with E-state index in [9.17, 15) is 20.0 Å². The third-order valence-corrected chi connectivity index (χ3v) is 4.51. The first-order chi connectivity index (χ1) is 14.9. The average Bonchev–Trinajstić information content (AvgIpc) is 2.78. The summed E-state index contributed by atoms with van der Waals surface area (Å²) in [5.74, 6) is -1.16. The molecule has 0 aliphatic rings. The Morgan fingerprint density at radius 2 is 1.65 bits per heavy atom. The smallest absolute Gasteiger partial charge is 0.266 e. The van der Waals surface area contributed by atoms with Crippen LogP contribution in [0.15, 0.2) is 78.4 Å². The van der Waals surface area contributed by atoms with E-state index in [1.54, 1.807) is 60.7 Å². The molecule has 3 aromatic rings. The zero-order valence-corrected chi connectivity index (χ0v) is 16.9. The highest BCUT2D eigenvalue weighted by Gasteiger charge is 2.09. The van der Waals surface area contributed by atoms with Gasteiger partial charge in [-0.25, -0.2) is 0 Å². The first-order valence-corrected chi connectivity index (χ1v) is 9.54. The quantitative estimate of drug-likeness (QED) is 0.452. The average molecular weight is 432 g/mol. The highest BCUT2D eigenvalue weighted by molar-refractivity contribution is 6.30. The van der Waals surface area contributed by atoms with Crippen molar-refractivity contribution in [3.63, 3.8) is 0 Å². The summed E-state index contributed by atoms with van der Waals surface area (Å²) < 4.78 is 5.68. The topological polar surface area (TPSA) is 102 Å². The Hall–Kier alpha value is -4.08. The molecule has 0 radical (unpaired) electrons. The first kappa shape index (κ1) is 21.6. The molecule has 3 rings (SSSR count). The molecular formula is C24H16ClN2O4-. The van der Waals surface area contributed by atoms with Crippen LogP contribution in [0.2, 0.25) is 5.02 Å². The van der Waals surface area contributed by atoms with E-state index in [4.69, 9.17) is 16.3 Å². The van der Waals surface area contributed by atoms with Crippen LogP contribution in [0, 0.1) is 11.3 Å². The van der Waals surface area contributed by atoms with Crippen molar-refractivity contribution in [3.05, 3.63) is 100 Å². The van der Waals surface area contributed by atoms with E-state index >= 15 is 0 Å². The lowest BCUT2D eigenvalue weighted by Crippen LogP contribution is -2.22. The van der Waals surface area contributed by atoms with Crippen molar-refractivity contribution in [3.8, 4) is 11.8 Å². The number of nitrogens with one attached hydrogen (secondary N) is 1. The fourth-order valence-electron chi connectivity index (χ4n) is 2.61. The van der Waals surface area contributed by atoms with Gasteiger partial charge in [-0.1, -0.05) is 48.0 Å². The van der Waals surface area contributed by atoms with Gasteiger partial charge in [-0.05, 0) is 59.2 Å². The SMILES string of the molecule is N#C/C(=C\c1ccc(OCc2ccc(C(=O)[O-])cc2)cc1)C(=O)Nc1ccc(Cl)cc1. The summed E-state index contributed by atoms with van der Waals surface area (Å²) in [4.78, 5) is 23.1. The van der Waals surface area contributed by atoms with Gasteiger partial charge >= 0.3 is 0 Å². The molecule has 0 unspecified atom stereocenters. The van der Waals surface area contributed by atoms with Crippen molar-refractivity contribution in [2.45, 2.75) is 6.61 Å². The Balaban J connectivity index is 1.61. The summed E-state index contributed by atoms with van der Waals surface area (Å²) in [6.07, 6.45) is 1.48. The van der Waals surface area contributed by atoms with Crippen LogP contribution in [0.1, 0.15) is 21.5 Å². The van der Waals surface area contributed by atoms with Crippen LogP contribution >= 0.6 is 11.6 Å². The van der Waals surface area contributed by atoms with Gasteiger partial charge in [0, 0.05) is 10.7 Å². The maximum atomic E-state index is 12.3. The number of halogens is 1. The van der Waals surface area contributed by atoms with Gasteiger partial charge in [-0.3, -0.25) is 4.79 Å². The Morgan fingerprint density at radius 3 is 2.23 bits per heavy atom. The minimum Gasteiger partial charge on any atom is -0.545 e. The molecular weight excluding hydrogens is 416 g/mol. The van der Waals surface area contributed by atoms with E-state index in [0.717, 1.165) is 5.56 Å². The lowest BCUT2D eigenvalue weighted by molar-refractivity contribution is -0.255. The van der Waals surface area contributed by atoms with Crippen molar-refractivity contribution in [1.29, 1.82) is 5.26 Å². The summed E-state index contributed by atoms with van der Waals surface area (Å²) >= 11 is 5.82. The first-order valence-electron chi connectivity index (χ1n) is 9.16. The van der Waals surface area contributed by atoms with Gasteiger partial charge in [0.15, 0.2) is 0 Å². The van der Waals surface area contributed by atoms with Crippen molar-refractivity contribution < 1.29 is 19.4 Å². The Morgan fingerprint density at radius 1 is 1.00 bits per heavy atom. The number of carbonyl (C=O) groups excluding carboxylic acids is 2. The van der Waals surface area contributed by atoms with Gasteiger partial charge in [0.2, 0.25) is 0 Å². The molecule has 0 saturated carbocycles. The molecule has 0 aromatic heterocycles. The molecule has 0 aliphatic heterocycles. The molecule has 1 amide bonds. The Bertz CT molecular complexity index is 1150. The van der Waals surface area contributed by atoms with E-state index in [0.29, 0.717) is 22.0 Å². The maximum absolute atomic E-state index is 12.3. The molecule has 0 aliphatic carbocycles. The summed E-state index contributed by atoms with van der Waals surface area (Å²) in [7, 11) is 0. The molecule has 7 heteroatoms. The van der Waals surface area contributed by atoms with Crippen LogP contribution < -0.4 is 15.2 Å². The molecule has 0 atom stereocenters. The van der Waals surface area contributed by atoms with E-state index in [1.165, 1.54) is 18.2 Å². The number of hydrogen-bond acceptors (Lipinski definition) is 5. The largest absolute Gasteiger partial charge is 0.545 e. The second kappa shape index (κ2) is 10.1. The van der Waals surface area contributed by atoms with Crippen LogP contribution in [0.4, 0.5) is 5.69 Å². The van der Waals surface area contributed by atoms with Crippen LogP contribution in [-0.2, 0) is 11.4 Å². The molecule has 0 bridgehead atoms. The normalized spacial score (nSPS) is 10.8. The summed E-state index contributed by atoms with van der Waals surface area (Å²) in [6.45, 7) is 0.259. The Kier molecular flexibility index (Phi) is 7.05. The van der Waals surface area contributed by atoms with Crippen molar-refractivity contribution in [2.75, 3.05) is 5.32 Å². The van der Waals surface area contributed by atoms with E-state index in [-0.39, 0.29) is 17.7 Å². The van der Waals surface area contributed by atoms with Crippen LogP contribution in [0.5, 0.6) is 5.75 Å². The molecule has 6 nitrogen and oxygen atoms in total. The van der Waals surface area contributed by atoms with Crippen LogP contribution in [0.3, 0.4) is 0 Å². The number of nitriles is 1. The third-order valence-electron chi connectivity index (χ3n) is 4.25. The number of carboxylic acid groups (broad SMARTS) is 1. The van der Waals surface area contributed by atoms with E-state index < -0.39 is 11.9 Å². The molecule has 0 spiro atoms. The number of hydrogen-bond donors (Lipinski definition) is 1. The second-order valence-electron chi connectivity index (χ2n) is 6.47. The summed E-state index contributed by atoms with van der Waals surface area (Å²) in [6, 6.07) is 21.6. The molecule has 0 heterocycles. The molecule has 1 N–H and O–H groups in total. The van der Waals surface area contributed by atoms with Gasteiger partial charge in [-0.15, -0.1) is 0 Å². The molecule has 31 heavy (non-hydrogen) atoms. The predicted molar refractivity (Wildman–Crippen MR) is 115 cm³/mol. The van der Waals surface area contributed by atoms with Crippen molar-refractivity contribution in [1.82, 2.24) is 0 Å². The van der Waals surface area contributed by atoms with Gasteiger partial charge in [0.05, 0.1) is 5.97 Å². The number of rotatable bonds is 7. The van der Waals surface area contributed by atoms with Gasteiger partial charge < -0.3 is 20.0 Å².